The molecule has 0 aliphatic carbocycles. The molecule has 1 fully saturated rings. The largest absolute Gasteiger partial charge is 0.379 e. The van der Waals surface area contributed by atoms with Crippen LogP contribution in [0.3, 0.4) is 0 Å². The Balaban J connectivity index is 1.73. The molecule has 0 bridgehead atoms. The summed E-state index contributed by atoms with van der Waals surface area (Å²) < 4.78 is 1.85. The van der Waals surface area contributed by atoms with Gasteiger partial charge in [-0.05, 0) is 33.8 Å². The fourth-order valence-corrected chi connectivity index (χ4v) is 3.34. The van der Waals surface area contributed by atoms with Gasteiger partial charge in [0.05, 0.1) is 11.9 Å². The molecule has 0 amide bonds. The molecule has 0 spiro atoms. The molecule has 2 aromatic rings. The van der Waals surface area contributed by atoms with Gasteiger partial charge in [0.1, 0.15) is 4.47 Å². The van der Waals surface area contributed by atoms with Gasteiger partial charge in [-0.3, -0.25) is 4.79 Å². The van der Waals surface area contributed by atoms with Crippen LogP contribution < -0.4 is 16.2 Å². The zero-order valence-corrected chi connectivity index (χ0v) is 14.0. The lowest BCUT2D eigenvalue weighted by Crippen LogP contribution is -2.42. The van der Waals surface area contributed by atoms with Crippen molar-refractivity contribution in [1.29, 1.82) is 0 Å². The number of benzene rings is 1. The van der Waals surface area contributed by atoms with Crippen molar-refractivity contribution in [2.45, 2.75) is 18.4 Å². The topological polar surface area (TPSA) is 59.0 Å². The molecular formula is C16H19BrN4O. The first kappa shape index (κ1) is 15.2. The molecule has 116 valence electrons. The van der Waals surface area contributed by atoms with Crippen LogP contribution in [0.5, 0.6) is 0 Å². The molecule has 1 saturated heterocycles. The van der Waals surface area contributed by atoms with Crippen LogP contribution in [-0.4, -0.2) is 28.9 Å². The van der Waals surface area contributed by atoms with Gasteiger partial charge in [0.25, 0.3) is 5.56 Å². The molecule has 22 heavy (non-hydrogen) atoms. The molecule has 1 aliphatic rings. The van der Waals surface area contributed by atoms with E-state index in [1.807, 2.05) is 6.07 Å². The predicted molar refractivity (Wildman–Crippen MR) is 91.3 cm³/mol. The highest BCUT2D eigenvalue weighted by Gasteiger charge is 2.23. The van der Waals surface area contributed by atoms with Crippen LogP contribution in [0.25, 0.3) is 0 Å². The highest BCUT2D eigenvalue weighted by atomic mass is 79.9. The van der Waals surface area contributed by atoms with Crippen molar-refractivity contribution in [3.8, 4) is 0 Å². The Bertz CT molecular complexity index is 701. The second kappa shape index (κ2) is 6.62. The molecular weight excluding hydrogens is 344 g/mol. The monoisotopic (exact) mass is 362 g/mol. The van der Waals surface area contributed by atoms with Gasteiger partial charge in [0.15, 0.2) is 0 Å². The summed E-state index contributed by atoms with van der Waals surface area (Å²) in [5, 5.41) is 11.0. The molecule has 3 rings (SSSR count). The molecule has 0 saturated carbocycles. The molecule has 1 aliphatic heterocycles. The molecule has 5 nitrogen and oxygen atoms in total. The molecule has 2 heterocycles. The van der Waals surface area contributed by atoms with E-state index in [4.69, 9.17) is 0 Å². The van der Waals surface area contributed by atoms with Crippen molar-refractivity contribution in [1.82, 2.24) is 15.1 Å². The minimum absolute atomic E-state index is 0.131. The third kappa shape index (κ3) is 3.23. The Morgan fingerprint density at radius 2 is 2.09 bits per heavy atom. The van der Waals surface area contributed by atoms with Gasteiger partial charge in [-0.2, -0.15) is 5.10 Å². The lowest BCUT2D eigenvalue weighted by Gasteiger charge is -2.31. The predicted octanol–water partition coefficient (Wildman–Crippen LogP) is 2.10. The lowest BCUT2D eigenvalue weighted by molar-refractivity contribution is 0.428. The van der Waals surface area contributed by atoms with E-state index in [1.54, 1.807) is 13.2 Å². The Morgan fingerprint density at radius 3 is 2.86 bits per heavy atom. The standard InChI is InChI=1S/C16H19BrN4O/c1-21-16(22)15(17)14(10-19-21)20-13-7-12(8-18-9-13)11-5-3-2-4-6-11/h2-6,10,12-13,18,20H,7-9H2,1H3. The van der Waals surface area contributed by atoms with Crippen molar-refractivity contribution in [3.63, 3.8) is 0 Å². The molecule has 2 unspecified atom stereocenters. The second-order valence-corrected chi connectivity index (χ2v) is 6.44. The first-order chi connectivity index (χ1) is 10.6. The number of anilines is 1. The Hall–Kier alpha value is -1.66. The van der Waals surface area contributed by atoms with E-state index in [1.165, 1.54) is 10.2 Å². The second-order valence-electron chi connectivity index (χ2n) is 5.64. The van der Waals surface area contributed by atoms with Gasteiger partial charge in [-0.1, -0.05) is 30.3 Å². The number of aromatic nitrogens is 2. The molecule has 2 N–H and O–H groups in total. The third-order valence-electron chi connectivity index (χ3n) is 4.06. The fraction of sp³-hybridized carbons (Fsp3) is 0.375. The zero-order chi connectivity index (χ0) is 15.5. The number of piperidine rings is 1. The summed E-state index contributed by atoms with van der Waals surface area (Å²) in [7, 11) is 1.64. The van der Waals surface area contributed by atoms with Crippen molar-refractivity contribution < 1.29 is 0 Å². The third-order valence-corrected chi connectivity index (χ3v) is 4.83. The SMILES string of the molecule is Cn1ncc(NC2CNCC(c3ccccc3)C2)c(Br)c1=O. The van der Waals surface area contributed by atoms with E-state index in [9.17, 15) is 4.79 Å². The maximum absolute atomic E-state index is 11.9. The van der Waals surface area contributed by atoms with Crippen molar-refractivity contribution in [2.24, 2.45) is 7.05 Å². The zero-order valence-electron chi connectivity index (χ0n) is 12.4. The van der Waals surface area contributed by atoms with Crippen LogP contribution in [-0.2, 0) is 7.05 Å². The first-order valence-electron chi connectivity index (χ1n) is 7.39. The van der Waals surface area contributed by atoms with Crippen molar-refractivity contribution in [3.05, 3.63) is 56.9 Å². The van der Waals surface area contributed by atoms with E-state index < -0.39 is 0 Å². The average molecular weight is 363 g/mol. The van der Waals surface area contributed by atoms with Gasteiger partial charge < -0.3 is 10.6 Å². The average Bonchev–Trinajstić information content (AvgIpc) is 2.57. The van der Waals surface area contributed by atoms with E-state index in [2.05, 4.69) is 55.9 Å². The van der Waals surface area contributed by atoms with E-state index in [-0.39, 0.29) is 11.6 Å². The smallest absolute Gasteiger partial charge is 0.282 e. The number of hydrogen-bond acceptors (Lipinski definition) is 4. The molecule has 6 heteroatoms. The summed E-state index contributed by atoms with van der Waals surface area (Å²) >= 11 is 3.36. The number of aryl methyl sites for hydroxylation is 1. The number of halogens is 1. The quantitative estimate of drug-likeness (QED) is 0.877. The molecule has 2 atom stereocenters. The van der Waals surface area contributed by atoms with Crippen LogP contribution in [0, 0.1) is 0 Å². The highest BCUT2D eigenvalue weighted by Crippen LogP contribution is 2.26. The summed E-state index contributed by atoms with van der Waals surface area (Å²) in [6.45, 7) is 1.86. The normalized spacial score (nSPS) is 21.5. The number of rotatable bonds is 3. The number of nitrogens with one attached hydrogen (secondary N) is 2. The number of nitrogens with zero attached hydrogens (tertiary/aromatic N) is 2. The minimum Gasteiger partial charge on any atom is -0.379 e. The summed E-state index contributed by atoms with van der Waals surface area (Å²) in [6.07, 6.45) is 2.72. The Morgan fingerprint density at radius 1 is 1.32 bits per heavy atom. The van der Waals surface area contributed by atoms with Gasteiger partial charge in [-0.15, -0.1) is 0 Å². The van der Waals surface area contributed by atoms with Gasteiger partial charge in [0.2, 0.25) is 0 Å². The van der Waals surface area contributed by atoms with E-state index in [0.717, 1.165) is 25.2 Å². The van der Waals surface area contributed by atoms with Crippen LogP contribution in [0.1, 0.15) is 17.9 Å². The fourth-order valence-electron chi connectivity index (χ4n) is 2.86. The van der Waals surface area contributed by atoms with Gasteiger partial charge >= 0.3 is 0 Å². The minimum atomic E-state index is -0.131. The summed E-state index contributed by atoms with van der Waals surface area (Å²) in [4.78, 5) is 11.9. The maximum atomic E-state index is 11.9. The van der Waals surface area contributed by atoms with Crippen LogP contribution in [0.15, 0.2) is 45.8 Å². The highest BCUT2D eigenvalue weighted by molar-refractivity contribution is 9.10. The maximum Gasteiger partial charge on any atom is 0.282 e. The first-order valence-corrected chi connectivity index (χ1v) is 8.18. The number of hydrogen-bond donors (Lipinski definition) is 2. The van der Waals surface area contributed by atoms with Gasteiger partial charge in [-0.25, -0.2) is 4.68 Å². The Kier molecular flexibility index (Phi) is 4.59. The van der Waals surface area contributed by atoms with E-state index >= 15 is 0 Å². The van der Waals surface area contributed by atoms with Crippen molar-refractivity contribution >= 4 is 21.6 Å². The van der Waals surface area contributed by atoms with Crippen LogP contribution >= 0.6 is 15.9 Å². The summed E-state index contributed by atoms with van der Waals surface area (Å²) in [5.74, 6) is 0.478. The van der Waals surface area contributed by atoms with Crippen LogP contribution in [0.2, 0.25) is 0 Å². The molecule has 1 aromatic heterocycles. The molecule has 0 radical (unpaired) electrons. The Labute approximate surface area is 137 Å². The lowest BCUT2D eigenvalue weighted by atomic mass is 9.89. The van der Waals surface area contributed by atoms with Crippen molar-refractivity contribution in [2.75, 3.05) is 18.4 Å². The van der Waals surface area contributed by atoms with Crippen LogP contribution in [0.4, 0.5) is 5.69 Å². The van der Waals surface area contributed by atoms with Gasteiger partial charge in [0, 0.05) is 26.2 Å². The summed E-state index contributed by atoms with van der Waals surface area (Å²) in [6, 6.07) is 10.8. The molecule has 1 aromatic carbocycles. The van der Waals surface area contributed by atoms with E-state index in [0.29, 0.717) is 10.4 Å². The summed E-state index contributed by atoms with van der Waals surface area (Å²) in [5.41, 5.74) is 1.97.